The summed E-state index contributed by atoms with van der Waals surface area (Å²) in [7, 11) is 0. The Morgan fingerprint density at radius 1 is 1.29 bits per heavy atom. The summed E-state index contributed by atoms with van der Waals surface area (Å²) in [6, 6.07) is 5.17. The Bertz CT molecular complexity index is 400. The number of hydrogen-bond donors (Lipinski definition) is 2. The molecule has 0 atom stereocenters. The first-order valence-corrected chi connectivity index (χ1v) is 5.77. The van der Waals surface area contributed by atoms with Crippen molar-refractivity contribution in [3.05, 3.63) is 23.8 Å². The molecule has 0 aromatic heterocycles. The van der Waals surface area contributed by atoms with Crippen molar-refractivity contribution in [2.75, 3.05) is 5.73 Å². The van der Waals surface area contributed by atoms with E-state index in [9.17, 15) is 4.79 Å². The van der Waals surface area contributed by atoms with Crippen molar-refractivity contribution < 1.29 is 9.53 Å². The molecule has 0 aliphatic heterocycles. The zero-order chi connectivity index (χ0) is 13.0. The van der Waals surface area contributed by atoms with E-state index in [1.165, 1.54) is 0 Å². The number of benzene rings is 1. The number of nitrogens with one attached hydrogen (secondary N) is 1. The van der Waals surface area contributed by atoms with Crippen molar-refractivity contribution in [1.29, 1.82) is 0 Å². The first-order valence-electron chi connectivity index (χ1n) is 5.77. The number of carbonyl (C=O) groups excluding carboxylic acids is 1. The Kier molecular flexibility index (Phi) is 4.37. The van der Waals surface area contributed by atoms with E-state index in [4.69, 9.17) is 10.5 Å². The average Bonchev–Trinajstić information content (AvgIpc) is 2.19. The summed E-state index contributed by atoms with van der Waals surface area (Å²) in [4.78, 5) is 12.0. The molecular weight excluding hydrogens is 216 g/mol. The van der Waals surface area contributed by atoms with Crippen molar-refractivity contribution in [3.63, 3.8) is 0 Å². The van der Waals surface area contributed by atoms with Crippen LogP contribution in [0, 0.1) is 0 Å². The van der Waals surface area contributed by atoms with Crippen LogP contribution < -0.4 is 15.8 Å². The minimum absolute atomic E-state index is 0.0178. The summed E-state index contributed by atoms with van der Waals surface area (Å²) in [6.07, 6.45) is 0.0178. The Balaban J connectivity index is 3.02. The van der Waals surface area contributed by atoms with Gasteiger partial charge < -0.3 is 15.8 Å². The maximum Gasteiger partial charge on any atom is 0.255 e. The molecule has 1 aromatic rings. The minimum atomic E-state index is -0.164. The standard InChI is InChI=1S/C13H20N2O2/c1-8(2)15-13(16)11-7-10(14)5-6-12(11)17-9(3)4/h5-9H,14H2,1-4H3,(H,15,16). The van der Waals surface area contributed by atoms with Crippen LogP contribution in [0.4, 0.5) is 5.69 Å². The number of ether oxygens (including phenoxy) is 1. The highest BCUT2D eigenvalue weighted by Crippen LogP contribution is 2.22. The number of hydrogen-bond acceptors (Lipinski definition) is 3. The van der Waals surface area contributed by atoms with Crippen LogP contribution in [0.1, 0.15) is 38.1 Å². The Morgan fingerprint density at radius 2 is 1.94 bits per heavy atom. The fourth-order valence-electron chi connectivity index (χ4n) is 1.42. The van der Waals surface area contributed by atoms with Gasteiger partial charge in [-0.3, -0.25) is 4.79 Å². The first-order chi connectivity index (χ1) is 7.90. The van der Waals surface area contributed by atoms with Crippen LogP contribution in [0.2, 0.25) is 0 Å². The van der Waals surface area contributed by atoms with Crippen LogP contribution in [-0.2, 0) is 0 Å². The zero-order valence-corrected chi connectivity index (χ0v) is 10.8. The molecule has 0 spiro atoms. The molecule has 4 heteroatoms. The SMILES string of the molecule is CC(C)NC(=O)c1cc(N)ccc1OC(C)C. The van der Waals surface area contributed by atoms with Gasteiger partial charge in [0.1, 0.15) is 5.75 Å². The molecule has 0 radical (unpaired) electrons. The molecule has 0 bridgehead atoms. The number of nitrogen functional groups attached to an aromatic ring is 1. The molecular formula is C13H20N2O2. The van der Waals surface area contributed by atoms with Crippen molar-refractivity contribution in [2.24, 2.45) is 0 Å². The van der Waals surface area contributed by atoms with Crippen molar-refractivity contribution in [2.45, 2.75) is 39.8 Å². The van der Waals surface area contributed by atoms with Gasteiger partial charge in [-0.2, -0.15) is 0 Å². The van der Waals surface area contributed by atoms with Gasteiger partial charge in [0.05, 0.1) is 11.7 Å². The molecule has 4 nitrogen and oxygen atoms in total. The van der Waals surface area contributed by atoms with Crippen LogP contribution in [0.5, 0.6) is 5.75 Å². The van der Waals surface area contributed by atoms with Crippen LogP contribution in [0.15, 0.2) is 18.2 Å². The molecule has 0 saturated carbocycles. The second-order valence-electron chi connectivity index (χ2n) is 4.55. The minimum Gasteiger partial charge on any atom is -0.490 e. The van der Waals surface area contributed by atoms with E-state index < -0.39 is 0 Å². The van der Waals surface area contributed by atoms with Crippen molar-refractivity contribution in [3.8, 4) is 5.75 Å². The lowest BCUT2D eigenvalue weighted by molar-refractivity contribution is 0.0937. The van der Waals surface area contributed by atoms with E-state index >= 15 is 0 Å². The van der Waals surface area contributed by atoms with E-state index in [1.54, 1.807) is 18.2 Å². The van der Waals surface area contributed by atoms with E-state index in [-0.39, 0.29) is 18.1 Å². The Hall–Kier alpha value is -1.71. The van der Waals surface area contributed by atoms with Gasteiger partial charge in [-0.25, -0.2) is 0 Å². The Morgan fingerprint density at radius 3 is 2.47 bits per heavy atom. The van der Waals surface area contributed by atoms with Crippen LogP contribution in [-0.4, -0.2) is 18.1 Å². The number of nitrogens with two attached hydrogens (primary N) is 1. The van der Waals surface area contributed by atoms with Gasteiger partial charge in [-0.1, -0.05) is 0 Å². The molecule has 1 rings (SSSR count). The summed E-state index contributed by atoms with van der Waals surface area (Å²) in [6.45, 7) is 7.65. The quantitative estimate of drug-likeness (QED) is 0.788. The molecule has 1 amide bonds. The third-order valence-electron chi connectivity index (χ3n) is 2.03. The maximum absolute atomic E-state index is 12.0. The van der Waals surface area contributed by atoms with E-state index in [0.29, 0.717) is 17.0 Å². The van der Waals surface area contributed by atoms with Crippen LogP contribution in [0.25, 0.3) is 0 Å². The normalized spacial score (nSPS) is 10.7. The number of amides is 1. The molecule has 1 aromatic carbocycles. The third kappa shape index (κ3) is 3.98. The molecule has 3 N–H and O–H groups in total. The molecule has 0 fully saturated rings. The largest absolute Gasteiger partial charge is 0.490 e. The van der Waals surface area contributed by atoms with Crippen molar-refractivity contribution in [1.82, 2.24) is 5.32 Å². The summed E-state index contributed by atoms with van der Waals surface area (Å²) in [5, 5.41) is 2.83. The highest BCUT2D eigenvalue weighted by atomic mass is 16.5. The highest BCUT2D eigenvalue weighted by molar-refractivity contribution is 5.97. The summed E-state index contributed by atoms with van der Waals surface area (Å²) >= 11 is 0. The monoisotopic (exact) mass is 236 g/mol. The summed E-state index contributed by atoms with van der Waals surface area (Å²) < 4.78 is 5.59. The molecule has 0 saturated heterocycles. The predicted molar refractivity (Wildman–Crippen MR) is 69.2 cm³/mol. The highest BCUT2D eigenvalue weighted by Gasteiger charge is 2.14. The number of rotatable bonds is 4. The average molecular weight is 236 g/mol. The second-order valence-corrected chi connectivity index (χ2v) is 4.55. The molecule has 0 aliphatic rings. The fourth-order valence-corrected chi connectivity index (χ4v) is 1.42. The van der Waals surface area contributed by atoms with Gasteiger partial charge in [0.2, 0.25) is 0 Å². The topological polar surface area (TPSA) is 64.4 Å². The van der Waals surface area contributed by atoms with Gasteiger partial charge in [0.15, 0.2) is 0 Å². The van der Waals surface area contributed by atoms with Crippen LogP contribution >= 0.6 is 0 Å². The molecule has 17 heavy (non-hydrogen) atoms. The van der Waals surface area contributed by atoms with Gasteiger partial charge in [0.25, 0.3) is 5.91 Å². The van der Waals surface area contributed by atoms with Gasteiger partial charge in [-0.05, 0) is 45.9 Å². The summed E-state index contributed by atoms with van der Waals surface area (Å²) in [5.41, 5.74) is 6.72. The molecule has 0 heterocycles. The number of anilines is 1. The zero-order valence-electron chi connectivity index (χ0n) is 10.8. The van der Waals surface area contributed by atoms with Crippen molar-refractivity contribution >= 4 is 11.6 Å². The van der Waals surface area contributed by atoms with E-state index in [1.807, 2.05) is 27.7 Å². The Labute approximate surface area is 102 Å². The van der Waals surface area contributed by atoms with Gasteiger partial charge in [-0.15, -0.1) is 0 Å². The lowest BCUT2D eigenvalue weighted by Crippen LogP contribution is -2.30. The van der Waals surface area contributed by atoms with E-state index in [2.05, 4.69) is 5.32 Å². The molecule has 0 unspecified atom stereocenters. The second kappa shape index (κ2) is 5.57. The van der Waals surface area contributed by atoms with Gasteiger partial charge >= 0.3 is 0 Å². The van der Waals surface area contributed by atoms with Crippen LogP contribution in [0.3, 0.4) is 0 Å². The number of carbonyl (C=O) groups is 1. The molecule has 0 aliphatic carbocycles. The van der Waals surface area contributed by atoms with Gasteiger partial charge in [0, 0.05) is 11.7 Å². The van der Waals surface area contributed by atoms with E-state index in [0.717, 1.165) is 0 Å². The lowest BCUT2D eigenvalue weighted by Gasteiger charge is -2.15. The smallest absolute Gasteiger partial charge is 0.255 e. The fraction of sp³-hybridized carbons (Fsp3) is 0.462. The predicted octanol–water partition coefficient (Wildman–Crippen LogP) is 2.19. The third-order valence-corrected chi connectivity index (χ3v) is 2.03. The first kappa shape index (κ1) is 13.4. The maximum atomic E-state index is 12.0. The molecule has 94 valence electrons. The lowest BCUT2D eigenvalue weighted by atomic mass is 10.1. The summed E-state index contributed by atoms with van der Waals surface area (Å²) in [5.74, 6) is 0.398.